The van der Waals surface area contributed by atoms with Crippen LogP contribution in [0.2, 0.25) is 0 Å². The van der Waals surface area contributed by atoms with Crippen LogP contribution in [0.1, 0.15) is 27.4 Å². The Morgan fingerprint density at radius 2 is 1.86 bits per heavy atom. The number of nitro benzene ring substituents is 1. The highest BCUT2D eigenvalue weighted by molar-refractivity contribution is 5.84. The van der Waals surface area contributed by atoms with Gasteiger partial charge in [0.15, 0.2) is 0 Å². The molecule has 0 bridgehead atoms. The third-order valence-corrected chi connectivity index (χ3v) is 4.13. The molecule has 0 amide bonds. The van der Waals surface area contributed by atoms with Gasteiger partial charge in [0, 0.05) is 24.7 Å². The first-order valence-corrected chi connectivity index (χ1v) is 8.43. The summed E-state index contributed by atoms with van der Waals surface area (Å²) in [4.78, 5) is 23.7. The number of carbonyl (C=O) groups is 1. The maximum absolute atomic E-state index is 13.5. The summed E-state index contributed by atoms with van der Waals surface area (Å²) in [6.45, 7) is 0.708. The van der Waals surface area contributed by atoms with Gasteiger partial charge in [0.05, 0.1) is 11.5 Å². The number of carboxylic acid groups (broad SMARTS) is 1. The summed E-state index contributed by atoms with van der Waals surface area (Å²) < 4.78 is 18.8. The van der Waals surface area contributed by atoms with E-state index in [9.17, 15) is 19.3 Å². The minimum absolute atomic E-state index is 0.0163. The van der Waals surface area contributed by atoms with Crippen LogP contribution in [0.4, 0.5) is 10.1 Å². The lowest BCUT2D eigenvalue weighted by molar-refractivity contribution is -0.385. The number of hydrogen-bond donors (Lipinski definition) is 1. The van der Waals surface area contributed by atoms with Crippen molar-refractivity contribution in [1.29, 1.82) is 0 Å². The maximum atomic E-state index is 13.5. The van der Waals surface area contributed by atoms with Gasteiger partial charge in [0.2, 0.25) is 5.76 Å². The first-order chi connectivity index (χ1) is 13.4. The van der Waals surface area contributed by atoms with Crippen molar-refractivity contribution in [2.24, 2.45) is 0 Å². The number of furan rings is 1. The fourth-order valence-corrected chi connectivity index (χ4v) is 2.92. The number of para-hydroxylation sites is 1. The monoisotopic (exact) mass is 384 g/mol. The van der Waals surface area contributed by atoms with E-state index in [-0.39, 0.29) is 30.4 Å². The van der Waals surface area contributed by atoms with Crippen molar-refractivity contribution in [3.05, 3.63) is 99.2 Å². The first-order valence-electron chi connectivity index (χ1n) is 8.43. The van der Waals surface area contributed by atoms with Gasteiger partial charge in [-0.2, -0.15) is 0 Å². The number of nitro groups is 1. The van der Waals surface area contributed by atoms with E-state index in [0.29, 0.717) is 23.4 Å². The van der Waals surface area contributed by atoms with Crippen LogP contribution < -0.4 is 0 Å². The molecule has 0 unspecified atom stereocenters. The average molecular weight is 384 g/mol. The molecule has 0 aliphatic carbocycles. The normalized spacial score (nSPS) is 10.9. The Bertz CT molecular complexity index is 1000. The number of carboxylic acids is 1. The summed E-state index contributed by atoms with van der Waals surface area (Å²) in [6.07, 6.45) is 0. The molecule has 3 rings (SSSR count). The van der Waals surface area contributed by atoms with Crippen molar-refractivity contribution in [1.82, 2.24) is 4.90 Å². The van der Waals surface area contributed by atoms with Crippen molar-refractivity contribution in [2.75, 3.05) is 0 Å². The molecule has 144 valence electrons. The van der Waals surface area contributed by atoms with Gasteiger partial charge >= 0.3 is 5.97 Å². The Hall–Kier alpha value is -3.52. The van der Waals surface area contributed by atoms with Crippen LogP contribution in [0.5, 0.6) is 0 Å². The van der Waals surface area contributed by atoms with E-state index in [1.165, 1.54) is 24.3 Å². The molecular formula is C20H17FN2O5. The molecule has 7 nitrogen and oxygen atoms in total. The fraction of sp³-hybridized carbons (Fsp3) is 0.150. The van der Waals surface area contributed by atoms with Gasteiger partial charge in [-0.1, -0.05) is 30.3 Å². The molecule has 0 fully saturated rings. The molecule has 0 saturated heterocycles. The summed E-state index contributed by atoms with van der Waals surface area (Å²) in [7, 11) is 0. The van der Waals surface area contributed by atoms with Crippen LogP contribution in [0, 0.1) is 15.9 Å². The Morgan fingerprint density at radius 1 is 1.07 bits per heavy atom. The van der Waals surface area contributed by atoms with E-state index in [1.54, 1.807) is 36.4 Å². The summed E-state index contributed by atoms with van der Waals surface area (Å²) >= 11 is 0. The molecule has 1 aromatic heterocycles. The van der Waals surface area contributed by atoms with Crippen LogP contribution in [-0.2, 0) is 19.6 Å². The zero-order chi connectivity index (χ0) is 20.1. The van der Waals surface area contributed by atoms with E-state index in [4.69, 9.17) is 9.52 Å². The van der Waals surface area contributed by atoms with Gasteiger partial charge in [-0.15, -0.1) is 0 Å². The molecule has 0 radical (unpaired) electrons. The molecule has 28 heavy (non-hydrogen) atoms. The predicted molar refractivity (Wildman–Crippen MR) is 98.1 cm³/mol. The SMILES string of the molecule is O=C(O)c1ccc(CN(Cc2cccc(F)c2)Cc2ccccc2[N+](=O)[O-])o1. The van der Waals surface area contributed by atoms with Gasteiger partial charge in [-0.3, -0.25) is 15.0 Å². The van der Waals surface area contributed by atoms with Crippen molar-refractivity contribution in [3.8, 4) is 0 Å². The third-order valence-electron chi connectivity index (χ3n) is 4.13. The summed E-state index contributed by atoms with van der Waals surface area (Å²) in [5.74, 6) is -1.35. The number of rotatable bonds is 8. The highest BCUT2D eigenvalue weighted by Crippen LogP contribution is 2.22. The molecule has 0 saturated carbocycles. The second-order valence-electron chi connectivity index (χ2n) is 6.23. The van der Waals surface area contributed by atoms with Crippen LogP contribution in [-0.4, -0.2) is 20.9 Å². The molecule has 2 aromatic carbocycles. The number of halogens is 1. The van der Waals surface area contributed by atoms with E-state index in [1.807, 2.05) is 4.90 Å². The number of benzene rings is 2. The highest BCUT2D eigenvalue weighted by Gasteiger charge is 2.18. The van der Waals surface area contributed by atoms with Gasteiger partial charge in [-0.25, -0.2) is 9.18 Å². The average Bonchev–Trinajstić information content (AvgIpc) is 3.11. The number of hydrogen-bond acceptors (Lipinski definition) is 5. The maximum Gasteiger partial charge on any atom is 0.371 e. The van der Waals surface area contributed by atoms with Crippen molar-refractivity contribution >= 4 is 11.7 Å². The molecule has 1 heterocycles. The summed E-state index contributed by atoms with van der Waals surface area (Å²) in [5, 5.41) is 20.3. The second-order valence-corrected chi connectivity index (χ2v) is 6.23. The van der Waals surface area contributed by atoms with Gasteiger partial charge < -0.3 is 9.52 Å². The standard InChI is InChI=1S/C20H17FN2O5/c21-16-6-3-4-14(10-16)11-22(13-17-8-9-19(28-17)20(24)25)12-15-5-1-2-7-18(15)23(26)27/h1-10H,11-13H2,(H,24,25). The number of aromatic carboxylic acids is 1. The Kier molecular flexibility index (Phi) is 5.81. The Morgan fingerprint density at radius 3 is 2.54 bits per heavy atom. The molecule has 1 N–H and O–H groups in total. The topological polar surface area (TPSA) is 96.8 Å². The van der Waals surface area contributed by atoms with E-state index >= 15 is 0 Å². The third kappa shape index (κ3) is 4.80. The lowest BCUT2D eigenvalue weighted by Gasteiger charge is -2.21. The summed E-state index contributed by atoms with van der Waals surface area (Å²) in [5.41, 5.74) is 1.16. The van der Waals surface area contributed by atoms with E-state index in [2.05, 4.69) is 0 Å². The molecular weight excluding hydrogens is 367 g/mol. The Labute approximate surface area is 159 Å². The fourth-order valence-electron chi connectivity index (χ4n) is 2.92. The quantitative estimate of drug-likeness (QED) is 0.461. The van der Waals surface area contributed by atoms with Crippen LogP contribution in [0.3, 0.4) is 0 Å². The zero-order valence-electron chi connectivity index (χ0n) is 14.7. The van der Waals surface area contributed by atoms with E-state index < -0.39 is 10.9 Å². The molecule has 3 aromatic rings. The molecule has 0 atom stereocenters. The molecule has 0 aliphatic rings. The molecule has 0 aliphatic heterocycles. The first kappa shape index (κ1) is 19.2. The van der Waals surface area contributed by atoms with Gasteiger partial charge in [0.25, 0.3) is 5.69 Å². The minimum atomic E-state index is -1.18. The highest BCUT2D eigenvalue weighted by atomic mass is 19.1. The largest absolute Gasteiger partial charge is 0.475 e. The van der Waals surface area contributed by atoms with Crippen LogP contribution in [0.15, 0.2) is 65.1 Å². The summed E-state index contributed by atoms with van der Waals surface area (Å²) in [6, 6.07) is 15.3. The lowest BCUT2D eigenvalue weighted by Crippen LogP contribution is -2.22. The zero-order valence-corrected chi connectivity index (χ0v) is 14.7. The second kappa shape index (κ2) is 8.45. The lowest BCUT2D eigenvalue weighted by atomic mass is 10.1. The molecule has 0 spiro atoms. The van der Waals surface area contributed by atoms with Crippen molar-refractivity contribution < 1.29 is 23.6 Å². The smallest absolute Gasteiger partial charge is 0.371 e. The van der Waals surface area contributed by atoms with Crippen LogP contribution in [0.25, 0.3) is 0 Å². The van der Waals surface area contributed by atoms with Gasteiger partial charge in [-0.05, 0) is 29.8 Å². The van der Waals surface area contributed by atoms with E-state index in [0.717, 1.165) is 0 Å². The molecule has 8 heteroatoms. The van der Waals surface area contributed by atoms with Crippen molar-refractivity contribution in [3.63, 3.8) is 0 Å². The van der Waals surface area contributed by atoms with Gasteiger partial charge in [0.1, 0.15) is 11.6 Å². The predicted octanol–water partition coefficient (Wildman–Crippen LogP) is 4.23. The van der Waals surface area contributed by atoms with Crippen molar-refractivity contribution in [2.45, 2.75) is 19.6 Å². The number of nitrogens with zero attached hydrogens (tertiary/aromatic N) is 2. The minimum Gasteiger partial charge on any atom is -0.475 e. The Balaban J connectivity index is 1.87. The van der Waals surface area contributed by atoms with Crippen LogP contribution >= 0.6 is 0 Å².